The van der Waals surface area contributed by atoms with Gasteiger partial charge in [-0.1, -0.05) is 0 Å². The van der Waals surface area contributed by atoms with Crippen LogP contribution in [-0.4, -0.2) is 30.5 Å². The molecule has 5 nitrogen and oxygen atoms in total. The zero-order valence-corrected chi connectivity index (χ0v) is 10.0. The molecule has 1 N–H and O–H groups in total. The second-order valence-electron chi connectivity index (χ2n) is 3.42. The molecule has 0 fully saturated rings. The van der Waals surface area contributed by atoms with Crippen molar-refractivity contribution in [1.29, 1.82) is 0 Å². The van der Waals surface area contributed by atoms with Crippen LogP contribution in [0.25, 0.3) is 0 Å². The van der Waals surface area contributed by atoms with E-state index in [1.165, 1.54) is 24.5 Å². The van der Waals surface area contributed by atoms with Crippen LogP contribution in [0, 0.1) is 0 Å². The Balaban J connectivity index is 2.64. The van der Waals surface area contributed by atoms with E-state index in [-0.39, 0.29) is 10.6 Å². The van der Waals surface area contributed by atoms with Gasteiger partial charge < -0.3 is 5.32 Å². The largest absolute Gasteiger partial charge is 0.324 e. The number of anilines is 1. The summed E-state index contributed by atoms with van der Waals surface area (Å²) in [4.78, 5) is 11.7. The summed E-state index contributed by atoms with van der Waals surface area (Å²) in [5.74, 6) is -1.10. The van der Waals surface area contributed by atoms with Crippen LogP contribution in [0.2, 0.25) is 0 Å². The second kappa shape index (κ2) is 3.67. The molecular formula is C9H9NO4S2. The van der Waals surface area contributed by atoms with Crippen molar-refractivity contribution in [3.05, 3.63) is 18.2 Å². The molecule has 1 atom stereocenters. The molecule has 0 bridgehead atoms. The lowest BCUT2D eigenvalue weighted by molar-refractivity contribution is -0.114. The molecule has 0 aliphatic carbocycles. The van der Waals surface area contributed by atoms with Crippen LogP contribution in [0.1, 0.15) is 0 Å². The number of amides is 1. The number of hydrogen-bond donors (Lipinski definition) is 1. The molecule has 0 aromatic heterocycles. The third-order valence-corrected chi connectivity index (χ3v) is 4.80. The lowest BCUT2D eigenvalue weighted by Gasteiger charge is -2.17. The molecule has 0 saturated heterocycles. The first-order valence-corrected chi connectivity index (χ1v) is 7.61. The topological polar surface area (TPSA) is 80.3 Å². The van der Waals surface area contributed by atoms with Gasteiger partial charge in [0.15, 0.2) is 9.84 Å². The van der Waals surface area contributed by atoms with E-state index in [0.717, 1.165) is 0 Å². The van der Waals surface area contributed by atoms with Crippen LogP contribution >= 0.6 is 0 Å². The van der Waals surface area contributed by atoms with Gasteiger partial charge in [-0.15, -0.1) is 0 Å². The van der Waals surface area contributed by atoms with Crippen LogP contribution < -0.4 is 5.32 Å². The monoisotopic (exact) mass is 259 g/mol. The molecule has 1 aliphatic heterocycles. The summed E-state index contributed by atoms with van der Waals surface area (Å²) in [6.45, 7) is 0. The van der Waals surface area contributed by atoms with Crippen molar-refractivity contribution in [3.8, 4) is 0 Å². The predicted molar refractivity (Wildman–Crippen MR) is 59.5 cm³/mol. The maximum Gasteiger partial charge on any atom is 0.239 e. The fraction of sp³-hybridized carbons (Fsp3) is 0.222. The highest BCUT2D eigenvalue weighted by Gasteiger charge is 2.28. The summed E-state index contributed by atoms with van der Waals surface area (Å²) in [7, 11) is -4.75. The second-order valence-corrected chi connectivity index (χ2v) is 6.76. The molecule has 86 valence electrons. The average molecular weight is 259 g/mol. The summed E-state index contributed by atoms with van der Waals surface area (Å²) in [5, 5.41) is 2.46. The van der Waals surface area contributed by atoms with E-state index in [9.17, 15) is 17.4 Å². The van der Waals surface area contributed by atoms with Crippen molar-refractivity contribution in [3.63, 3.8) is 0 Å². The van der Waals surface area contributed by atoms with E-state index >= 15 is 0 Å². The van der Waals surface area contributed by atoms with Gasteiger partial charge in [-0.25, -0.2) is 8.42 Å². The molecule has 7 heteroatoms. The van der Waals surface area contributed by atoms with Crippen molar-refractivity contribution < 1.29 is 17.4 Å². The van der Waals surface area contributed by atoms with Crippen LogP contribution in [0.5, 0.6) is 0 Å². The van der Waals surface area contributed by atoms with Gasteiger partial charge in [0.25, 0.3) is 0 Å². The van der Waals surface area contributed by atoms with Gasteiger partial charge >= 0.3 is 0 Å². The molecule has 1 unspecified atom stereocenters. The van der Waals surface area contributed by atoms with E-state index in [0.29, 0.717) is 4.90 Å². The van der Waals surface area contributed by atoms with Crippen LogP contribution in [0.4, 0.5) is 5.69 Å². The van der Waals surface area contributed by atoms with E-state index in [1.54, 1.807) is 0 Å². The maximum atomic E-state index is 11.6. The van der Waals surface area contributed by atoms with E-state index in [4.69, 9.17) is 0 Å². The minimum Gasteiger partial charge on any atom is -0.324 e. The van der Waals surface area contributed by atoms with Gasteiger partial charge in [0.2, 0.25) is 5.91 Å². The minimum absolute atomic E-state index is 0.0845. The lowest BCUT2D eigenvalue weighted by Crippen LogP contribution is -2.29. The quantitative estimate of drug-likeness (QED) is 0.778. The predicted octanol–water partition coefficient (Wildman–Crippen LogP) is 0.150. The summed E-state index contributed by atoms with van der Waals surface area (Å²) in [6.07, 6.45) is 1.49. The fourth-order valence-corrected chi connectivity index (χ4v) is 3.33. The molecule has 1 aromatic rings. The lowest BCUT2D eigenvalue weighted by atomic mass is 10.3. The number of nitrogens with one attached hydrogen (secondary N) is 1. The van der Waals surface area contributed by atoms with E-state index < -0.39 is 32.3 Å². The molecule has 0 saturated carbocycles. The summed E-state index contributed by atoms with van der Waals surface area (Å²) >= 11 is 0. The number of carbonyl (C=O) groups excluding carboxylic acids is 1. The van der Waals surface area contributed by atoms with Gasteiger partial charge in [0, 0.05) is 22.0 Å². The Labute approximate surface area is 95.2 Å². The van der Waals surface area contributed by atoms with Gasteiger partial charge in [-0.05, 0) is 18.2 Å². The first-order valence-electron chi connectivity index (χ1n) is 4.40. The Hall–Kier alpha value is -1.21. The van der Waals surface area contributed by atoms with Gasteiger partial charge in [0.05, 0.1) is 10.6 Å². The number of benzene rings is 1. The van der Waals surface area contributed by atoms with Crippen LogP contribution in [0.3, 0.4) is 0 Å². The van der Waals surface area contributed by atoms with Gasteiger partial charge in [-0.3, -0.25) is 9.00 Å². The molecule has 0 radical (unpaired) electrons. The Morgan fingerprint density at radius 1 is 1.38 bits per heavy atom. The fourth-order valence-electron chi connectivity index (χ4n) is 1.49. The Kier molecular flexibility index (Phi) is 2.59. The Bertz CT molecular complexity index is 592. The highest BCUT2D eigenvalue weighted by Crippen LogP contribution is 2.28. The highest BCUT2D eigenvalue weighted by atomic mass is 32.2. The molecule has 1 amide bonds. The molecule has 16 heavy (non-hydrogen) atoms. The maximum absolute atomic E-state index is 11.6. The summed E-state index contributed by atoms with van der Waals surface area (Å²) < 4.78 is 34.5. The van der Waals surface area contributed by atoms with Crippen LogP contribution in [0.15, 0.2) is 28.0 Å². The normalized spacial score (nSPS) is 19.7. The van der Waals surface area contributed by atoms with Crippen molar-refractivity contribution in [1.82, 2.24) is 0 Å². The Morgan fingerprint density at radius 3 is 2.69 bits per heavy atom. The molecular weight excluding hydrogens is 250 g/mol. The third kappa shape index (κ3) is 1.88. The zero-order valence-electron chi connectivity index (χ0n) is 8.39. The molecule has 0 spiro atoms. The highest BCUT2D eigenvalue weighted by molar-refractivity contribution is 7.92. The molecule has 1 aliphatic rings. The Morgan fingerprint density at radius 2 is 2.06 bits per heavy atom. The third-order valence-electron chi connectivity index (χ3n) is 2.21. The summed E-state index contributed by atoms with van der Waals surface area (Å²) in [5.41, 5.74) is 0.212. The molecule has 2 rings (SSSR count). The number of rotatable bonds is 1. The standard InChI is InChI=1S/C9H9NO4S2/c1-15(12)6-2-3-8-7(4-6)10-9(11)5-16(8,13)14/h2-4H,5H2,1H3,(H,10,11). The van der Waals surface area contributed by atoms with Gasteiger partial charge in [0.1, 0.15) is 5.75 Å². The number of sulfone groups is 1. The van der Waals surface area contributed by atoms with Crippen molar-refractivity contribution in [2.24, 2.45) is 0 Å². The molecule has 1 heterocycles. The smallest absolute Gasteiger partial charge is 0.239 e. The van der Waals surface area contributed by atoms with Crippen molar-refractivity contribution in [2.45, 2.75) is 9.79 Å². The SMILES string of the molecule is CS(=O)c1ccc2c(c1)NC(=O)CS2(=O)=O. The first kappa shape index (κ1) is 11.3. The molecule has 1 aromatic carbocycles. The zero-order chi connectivity index (χ0) is 11.9. The summed E-state index contributed by atoms with van der Waals surface area (Å²) in [6, 6.07) is 4.30. The van der Waals surface area contributed by atoms with Crippen molar-refractivity contribution in [2.75, 3.05) is 17.3 Å². The van der Waals surface area contributed by atoms with Gasteiger partial charge in [-0.2, -0.15) is 0 Å². The number of hydrogen-bond acceptors (Lipinski definition) is 4. The van der Waals surface area contributed by atoms with Crippen molar-refractivity contribution >= 4 is 32.2 Å². The number of fused-ring (bicyclic) bond motifs is 1. The average Bonchev–Trinajstić information content (AvgIpc) is 2.14. The van der Waals surface area contributed by atoms with E-state index in [1.807, 2.05) is 0 Å². The van der Waals surface area contributed by atoms with Crippen LogP contribution in [-0.2, 0) is 25.4 Å². The first-order chi connectivity index (χ1) is 7.40. The minimum atomic E-state index is -3.54. The van der Waals surface area contributed by atoms with E-state index in [2.05, 4.69) is 5.32 Å². The number of carbonyl (C=O) groups is 1.